The summed E-state index contributed by atoms with van der Waals surface area (Å²) in [5.74, 6) is 0. The summed E-state index contributed by atoms with van der Waals surface area (Å²) in [5.41, 5.74) is 4.91. The molecular formula is C14H17NO. The first-order valence-corrected chi connectivity index (χ1v) is 5.52. The van der Waals surface area contributed by atoms with Crippen LogP contribution in [0.1, 0.15) is 29.7 Å². The van der Waals surface area contributed by atoms with E-state index in [2.05, 4.69) is 44.3 Å². The maximum atomic E-state index is 5.08. The number of hydrogen-bond acceptors (Lipinski definition) is 2. The Balaban J connectivity index is 2.15. The van der Waals surface area contributed by atoms with Crippen LogP contribution in [0.4, 0.5) is 5.69 Å². The first kappa shape index (κ1) is 10.8. The molecule has 84 valence electrons. The largest absolute Gasteiger partial charge is 0.472 e. The van der Waals surface area contributed by atoms with E-state index in [0.717, 1.165) is 0 Å². The average Bonchev–Trinajstić information content (AvgIpc) is 2.75. The van der Waals surface area contributed by atoms with Crippen molar-refractivity contribution in [1.82, 2.24) is 0 Å². The molecule has 16 heavy (non-hydrogen) atoms. The highest BCUT2D eigenvalue weighted by Gasteiger charge is 2.07. The molecule has 1 unspecified atom stereocenters. The zero-order valence-corrected chi connectivity index (χ0v) is 9.95. The van der Waals surface area contributed by atoms with Gasteiger partial charge in [-0.2, -0.15) is 0 Å². The summed E-state index contributed by atoms with van der Waals surface area (Å²) in [6.45, 7) is 6.36. The van der Waals surface area contributed by atoms with E-state index in [0.29, 0.717) is 0 Å². The summed E-state index contributed by atoms with van der Waals surface area (Å²) in [6.07, 6.45) is 3.48. The highest BCUT2D eigenvalue weighted by atomic mass is 16.3. The maximum absolute atomic E-state index is 5.08. The second-order valence-corrected chi connectivity index (χ2v) is 4.24. The predicted molar refractivity (Wildman–Crippen MR) is 66.7 cm³/mol. The smallest absolute Gasteiger partial charge is 0.0955 e. The van der Waals surface area contributed by atoms with Crippen LogP contribution in [0, 0.1) is 13.8 Å². The van der Waals surface area contributed by atoms with E-state index in [4.69, 9.17) is 4.42 Å². The molecule has 0 saturated heterocycles. The van der Waals surface area contributed by atoms with Crippen molar-refractivity contribution < 1.29 is 4.42 Å². The van der Waals surface area contributed by atoms with Crippen molar-refractivity contribution >= 4 is 5.69 Å². The highest BCUT2D eigenvalue weighted by Crippen LogP contribution is 2.22. The summed E-state index contributed by atoms with van der Waals surface area (Å²) in [5, 5.41) is 3.48. The number of anilines is 1. The Bertz CT molecular complexity index is 460. The molecule has 2 aromatic rings. The molecule has 1 aromatic heterocycles. The Labute approximate surface area is 96.3 Å². The van der Waals surface area contributed by atoms with Gasteiger partial charge in [0.25, 0.3) is 0 Å². The molecule has 1 aromatic carbocycles. The summed E-state index contributed by atoms with van der Waals surface area (Å²) >= 11 is 0. The maximum Gasteiger partial charge on any atom is 0.0955 e. The molecule has 0 saturated carbocycles. The lowest BCUT2D eigenvalue weighted by Gasteiger charge is -2.16. The number of rotatable bonds is 3. The fraction of sp³-hybridized carbons (Fsp3) is 0.286. The third kappa shape index (κ3) is 2.27. The van der Waals surface area contributed by atoms with Gasteiger partial charge in [0.1, 0.15) is 0 Å². The lowest BCUT2D eigenvalue weighted by molar-refractivity contribution is 0.562. The van der Waals surface area contributed by atoms with Gasteiger partial charge in [-0.25, -0.2) is 0 Å². The summed E-state index contributed by atoms with van der Waals surface area (Å²) < 4.78 is 5.08. The average molecular weight is 215 g/mol. The van der Waals surface area contributed by atoms with Crippen molar-refractivity contribution in [2.45, 2.75) is 26.8 Å². The van der Waals surface area contributed by atoms with E-state index in [-0.39, 0.29) is 6.04 Å². The third-order valence-corrected chi connectivity index (χ3v) is 2.80. The zero-order chi connectivity index (χ0) is 11.5. The molecule has 0 radical (unpaired) electrons. The van der Waals surface area contributed by atoms with Crippen LogP contribution in [0.5, 0.6) is 0 Å². The number of furan rings is 1. The van der Waals surface area contributed by atoms with Crippen molar-refractivity contribution in [3.05, 3.63) is 53.5 Å². The van der Waals surface area contributed by atoms with Crippen molar-refractivity contribution in [2.24, 2.45) is 0 Å². The molecule has 0 aliphatic heterocycles. The van der Waals surface area contributed by atoms with E-state index in [9.17, 15) is 0 Å². The summed E-state index contributed by atoms with van der Waals surface area (Å²) in [4.78, 5) is 0. The molecular weight excluding hydrogens is 198 g/mol. The lowest BCUT2D eigenvalue weighted by Crippen LogP contribution is -2.06. The van der Waals surface area contributed by atoms with Crippen molar-refractivity contribution in [1.29, 1.82) is 0 Å². The van der Waals surface area contributed by atoms with E-state index >= 15 is 0 Å². The second kappa shape index (κ2) is 4.44. The number of aryl methyl sites for hydroxylation is 2. The monoisotopic (exact) mass is 215 g/mol. The van der Waals surface area contributed by atoms with Crippen LogP contribution in [-0.4, -0.2) is 0 Å². The van der Waals surface area contributed by atoms with Crippen LogP contribution in [0.2, 0.25) is 0 Å². The minimum atomic E-state index is 0.264. The Hall–Kier alpha value is -1.70. The summed E-state index contributed by atoms with van der Waals surface area (Å²) in [6, 6.07) is 8.68. The SMILES string of the molecule is Cc1ccc(NC(C)c2ccoc2)c(C)c1. The van der Waals surface area contributed by atoms with E-state index in [1.165, 1.54) is 22.4 Å². The van der Waals surface area contributed by atoms with E-state index < -0.39 is 0 Å². The standard InChI is InChI=1S/C14H17NO/c1-10-4-5-14(11(2)8-10)15-12(3)13-6-7-16-9-13/h4-9,12,15H,1-3H3. The van der Waals surface area contributed by atoms with Gasteiger partial charge in [-0.3, -0.25) is 0 Å². The van der Waals surface area contributed by atoms with Crippen LogP contribution in [0.25, 0.3) is 0 Å². The molecule has 2 heteroatoms. The van der Waals surface area contributed by atoms with Crippen LogP contribution < -0.4 is 5.32 Å². The Morgan fingerprint density at radius 2 is 2.00 bits per heavy atom. The first-order chi connectivity index (χ1) is 7.66. The molecule has 2 nitrogen and oxygen atoms in total. The molecule has 0 aliphatic carbocycles. The van der Waals surface area contributed by atoms with Gasteiger partial charge in [-0.15, -0.1) is 0 Å². The number of hydrogen-bond donors (Lipinski definition) is 1. The fourth-order valence-corrected chi connectivity index (χ4v) is 1.81. The molecule has 1 heterocycles. The van der Waals surface area contributed by atoms with Gasteiger partial charge in [0.2, 0.25) is 0 Å². The van der Waals surface area contributed by atoms with Gasteiger partial charge in [-0.05, 0) is 38.5 Å². The van der Waals surface area contributed by atoms with E-state index in [1.807, 2.05) is 6.07 Å². The molecule has 0 aliphatic rings. The molecule has 1 atom stereocenters. The minimum absolute atomic E-state index is 0.264. The summed E-state index contributed by atoms with van der Waals surface area (Å²) in [7, 11) is 0. The van der Waals surface area contributed by atoms with Gasteiger partial charge in [0.05, 0.1) is 18.6 Å². The second-order valence-electron chi connectivity index (χ2n) is 4.24. The van der Waals surface area contributed by atoms with Crippen molar-refractivity contribution in [3.63, 3.8) is 0 Å². The Kier molecular flexibility index (Phi) is 3.00. The van der Waals surface area contributed by atoms with Gasteiger partial charge in [0.15, 0.2) is 0 Å². The fourth-order valence-electron chi connectivity index (χ4n) is 1.81. The van der Waals surface area contributed by atoms with Gasteiger partial charge >= 0.3 is 0 Å². The number of nitrogens with one attached hydrogen (secondary N) is 1. The van der Waals surface area contributed by atoms with Crippen LogP contribution in [0.15, 0.2) is 41.2 Å². The quantitative estimate of drug-likeness (QED) is 0.834. The van der Waals surface area contributed by atoms with Gasteiger partial charge < -0.3 is 9.73 Å². The molecule has 2 rings (SSSR count). The Morgan fingerprint density at radius 1 is 1.19 bits per heavy atom. The molecule has 1 N–H and O–H groups in total. The topological polar surface area (TPSA) is 25.2 Å². The molecule has 0 bridgehead atoms. The van der Waals surface area contributed by atoms with Crippen LogP contribution in [0.3, 0.4) is 0 Å². The normalized spacial score (nSPS) is 12.4. The van der Waals surface area contributed by atoms with Gasteiger partial charge in [0, 0.05) is 11.3 Å². The lowest BCUT2D eigenvalue weighted by atomic mass is 10.1. The van der Waals surface area contributed by atoms with Gasteiger partial charge in [-0.1, -0.05) is 17.7 Å². The van der Waals surface area contributed by atoms with Crippen molar-refractivity contribution in [3.8, 4) is 0 Å². The highest BCUT2D eigenvalue weighted by molar-refractivity contribution is 5.53. The minimum Gasteiger partial charge on any atom is -0.472 e. The molecule has 0 spiro atoms. The van der Waals surface area contributed by atoms with E-state index in [1.54, 1.807) is 12.5 Å². The zero-order valence-electron chi connectivity index (χ0n) is 9.95. The molecule has 0 amide bonds. The Morgan fingerprint density at radius 3 is 2.62 bits per heavy atom. The third-order valence-electron chi connectivity index (χ3n) is 2.80. The van der Waals surface area contributed by atoms with Crippen molar-refractivity contribution in [2.75, 3.05) is 5.32 Å². The first-order valence-electron chi connectivity index (χ1n) is 5.52. The molecule has 0 fully saturated rings. The predicted octanol–water partition coefficient (Wildman–Crippen LogP) is 4.07. The van der Waals surface area contributed by atoms with Crippen LogP contribution in [-0.2, 0) is 0 Å². The van der Waals surface area contributed by atoms with Crippen LogP contribution >= 0.6 is 0 Å². The number of benzene rings is 1.